The Labute approximate surface area is 131 Å². The summed E-state index contributed by atoms with van der Waals surface area (Å²) < 4.78 is 48.5. The monoisotopic (exact) mass is 333 g/mol. The van der Waals surface area contributed by atoms with E-state index in [1.54, 1.807) is 20.8 Å². The number of hydrogen-bond donors (Lipinski definition) is 1. The van der Waals surface area contributed by atoms with Gasteiger partial charge in [0, 0.05) is 12.1 Å². The number of ether oxygens (including phenoxy) is 2. The highest BCUT2D eigenvalue weighted by Crippen LogP contribution is 2.37. The number of nitrogens with zero attached hydrogens (tertiary/aromatic N) is 1. The number of amides is 1. The van der Waals surface area contributed by atoms with E-state index in [1.165, 1.54) is 6.07 Å². The minimum absolute atomic E-state index is 0.139. The molecule has 0 radical (unpaired) electrons. The minimum atomic E-state index is -3.08. The van der Waals surface area contributed by atoms with Crippen molar-refractivity contribution < 1.29 is 32.5 Å². The van der Waals surface area contributed by atoms with E-state index in [1.807, 2.05) is 0 Å². The van der Waals surface area contributed by atoms with Crippen LogP contribution in [0.25, 0.3) is 0 Å². The lowest BCUT2D eigenvalue weighted by Crippen LogP contribution is -2.52. The van der Waals surface area contributed by atoms with Gasteiger partial charge in [0.2, 0.25) is 0 Å². The SMILES string of the molecule is CC(C)(C)OC(=O)N1CCc2cc(OC(F)F)ccc2C1(O)F. The lowest BCUT2D eigenvalue weighted by molar-refractivity contribution is -0.212. The number of benzene rings is 1. The maximum absolute atomic E-state index is 14.7. The first-order valence-corrected chi connectivity index (χ1v) is 7.01. The summed E-state index contributed by atoms with van der Waals surface area (Å²) in [6.07, 6.45) is -0.831. The van der Waals surface area contributed by atoms with Crippen LogP contribution in [0.1, 0.15) is 31.9 Å². The Morgan fingerprint density at radius 3 is 2.61 bits per heavy atom. The molecule has 0 aliphatic carbocycles. The Balaban J connectivity index is 2.27. The molecule has 1 N–H and O–H groups in total. The van der Waals surface area contributed by atoms with Crippen molar-refractivity contribution in [2.24, 2.45) is 0 Å². The predicted octanol–water partition coefficient (Wildman–Crippen LogP) is 3.15. The van der Waals surface area contributed by atoms with E-state index >= 15 is 0 Å². The highest BCUT2D eigenvalue weighted by atomic mass is 19.3. The van der Waals surface area contributed by atoms with Crippen LogP contribution in [0.15, 0.2) is 18.2 Å². The summed E-state index contributed by atoms with van der Waals surface area (Å²) in [4.78, 5) is 12.6. The summed E-state index contributed by atoms with van der Waals surface area (Å²) in [5.74, 6) is -3.22. The van der Waals surface area contributed by atoms with E-state index in [4.69, 9.17) is 4.74 Å². The molecule has 1 amide bonds. The highest BCUT2D eigenvalue weighted by molar-refractivity contribution is 5.69. The first kappa shape index (κ1) is 17.4. The van der Waals surface area contributed by atoms with E-state index in [-0.39, 0.29) is 29.8 Å². The number of carbonyl (C=O) groups is 1. The van der Waals surface area contributed by atoms with Crippen LogP contribution in [0, 0.1) is 0 Å². The molecule has 1 heterocycles. The van der Waals surface area contributed by atoms with Crippen LogP contribution in [-0.4, -0.2) is 34.9 Å². The van der Waals surface area contributed by atoms with Gasteiger partial charge in [-0.2, -0.15) is 13.2 Å². The van der Waals surface area contributed by atoms with Crippen molar-refractivity contribution in [3.05, 3.63) is 29.3 Å². The number of carbonyl (C=O) groups excluding carboxylic acids is 1. The van der Waals surface area contributed by atoms with Crippen LogP contribution in [-0.2, 0) is 17.1 Å². The lowest BCUT2D eigenvalue weighted by atomic mass is 9.97. The summed E-state index contributed by atoms with van der Waals surface area (Å²) in [5.41, 5.74) is -0.758. The number of alkyl halides is 3. The fourth-order valence-electron chi connectivity index (χ4n) is 2.32. The Morgan fingerprint density at radius 2 is 2.04 bits per heavy atom. The van der Waals surface area contributed by atoms with Crippen molar-refractivity contribution in [2.45, 2.75) is 45.4 Å². The lowest BCUT2D eigenvalue weighted by Gasteiger charge is -2.38. The molecule has 1 aliphatic rings. The van der Waals surface area contributed by atoms with Crippen molar-refractivity contribution in [1.29, 1.82) is 0 Å². The third kappa shape index (κ3) is 3.87. The van der Waals surface area contributed by atoms with Crippen molar-refractivity contribution in [3.8, 4) is 5.75 Å². The molecular weight excluding hydrogens is 315 g/mol. The Kier molecular flexibility index (Phi) is 4.48. The molecule has 5 nitrogen and oxygen atoms in total. The third-order valence-corrected chi connectivity index (χ3v) is 3.22. The summed E-state index contributed by atoms with van der Waals surface area (Å²) in [6.45, 7) is 1.70. The third-order valence-electron chi connectivity index (χ3n) is 3.22. The average molecular weight is 333 g/mol. The molecular formula is C15H18F3NO4. The van der Waals surface area contributed by atoms with E-state index in [2.05, 4.69) is 4.74 Å². The van der Waals surface area contributed by atoms with Crippen molar-refractivity contribution >= 4 is 6.09 Å². The maximum atomic E-state index is 14.7. The van der Waals surface area contributed by atoms with Crippen LogP contribution in [0.4, 0.5) is 18.0 Å². The number of halogens is 3. The van der Waals surface area contributed by atoms with Gasteiger partial charge in [0.05, 0.1) is 0 Å². The van der Waals surface area contributed by atoms with Gasteiger partial charge in [0.15, 0.2) is 0 Å². The Bertz CT molecular complexity index is 599. The molecule has 23 heavy (non-hydrogen) atoms. The average Bonchev–Trinajstić information content (AvgIpc) is 2.34. The van der Waals surface area contributed by atoms with E-state index < -0.39 is 24.3 Å². The fraction of sp³-hybridized carbons (Fsp3) is 0.533. The van der Waals surface area contributed by atoms with Gasteiger partial charge in [0.1, 0.15) is 11.4 Å². The van der Waals surface area contributed by atoms with Gasteiger partial charge < -0.3 is 14.6 Å². The summed E-state index contributed by atoms with van der Waals surface area (Å²) in [7, 11) is 0. The molecule has 1 aromatic rings. The van der Waals surface area contributed by atoms with E-state index in [9.17, 15) is 23.1 Å². The van der Waals surface area contributed by atoms with Crippen molar-refractivity contribution in [3.63, 3.8) is 0 Å². The maximum Gasteiger partial charge on any atom is 0.414 e. The fourth-order valence-corrected chi connectivity index (χ4v) is 2.32. The molecule has 2 rings (SSSR count). The second-order valence-electron chi connectivity index (χ2n) is 6.17. The largest absolute Gasteiger partial charge is 0.444 e. The topological polar surface area (TPSA) is 59.0 Å². The van der Waals surface area contributed by atoms with Gasteiger partial charge in [0.25, 0.3) is 0 Å². The quantitative estimate of drug-likeness (QED) is 0.845. The van der Waals surface area contributed by atoms with Crippen molar-refractivity contribution in [1.82, 2.24) is 4.90 Å². The highest BCUT2D eigenvalue weighted by Gasteiger charge is 2.46. The van der Waals surface area contributed by atoms with Crippen molar-refractivity contribution in [2.75, 3.05) is 6.54 Å². The second-order valence-corrected chi connectivity index (χ2v) is 6.17. The Hall–Kier alpha value is -1.96. The molecule has 1 aliphatic heterocycles. The number of aliphatic hydroxyl groups is 1. The standard InChI is InChI=1S/C15H18F3NO4/c1-14(2,3)23-13(20)19-7-6-9-8-10(22-12(16)17)4-5-11(9)15(19,18)21/h4-5,8,12,21H,6-7H2,1-3H3. The van der Waals surface area contributed by atoms with Crippen LogP contribution < -0.4 is 4.74 Å². The minimum Gasteiger partial charge on any atom is -0.444 e. The van der Waals surface area contributed by atoms with Gasteiger partial charge in [-0.3, -0.25) is 0 Å². The molecule has 0 saturated heterocycles. The molecule has 128 valence electrons. The molecule has 1 unspecified atom stereocenters. The molecule has 0 saturated carbocycles. The molecule has 0 aromatic heterocycles. The first-order chi connectivity index (χ1) is 10.5. The van der Waals surface area contributed by atoms with Gasteiger partial charge in [-0.1, -0.05) is 0 Å². The number of fused-ring (bicyclic) bond motifs is 1. The first-order valence-electron chi connectivity index (χ1n) is 7.01. The summed E-state index contributed by atoms with van der Waals surface area (Å²) >= 11 is 0. The predicted molar refractivity (Wildman–Crippen MR) is 74.7 cm³/mol. The zero-order valence-electron chi connectivity index (χ0n) is 13.0. The molecule has 0 spiro atoms. The zero-order valence-corrected chi connectivity index (χ0v) is 13.0. The summed E-state index contributed by atoms with van der Waals surface area (Å²) in [6, 6.07) is 3.44. The van der Waals surface area contributed by atoms with Crippen LogP contribution in [0.2, 0.25) is 0 Å². The van der Waals surface area contributed by atoms with E-state index in [0.29, 0.717) is 4.90 Å². The van der Waals surface area contributed by atoms with Crippen LogP contribution in [0.3, 0.4) is 0 Å². The normalized spacial score (nSPS) is 21.1. The molecule has 1 aromatic carbocycles. The zero-order chi connectivity index (χ0) is 17.4. The number of hydrogen-bond acceptors (Lipinski definition) is 4. The Morgan fingerprint density at radius 1 is 1.39 bits per heavy atom. The van der Waals surface area contributed by atoms with Gasteiger partial charge in [-0.05, 0) is 51.0 Å². The van der Waals surface area contributed by atoms with E-state index in [0.717, 1.165) is 12.1 Å². The smallest absolute Gasteiger partial charge is 0.414 e. The van der Waals surface area contributed by atoms with Gasteiger partial charge in [-0.15, -0.1) is 0 Å². The second kappa shape index (κ2) is 5.92. The molecule has 8 heteroatoms. The molecule has 0 bridgehead atoms. The molecule has 0 fully saturated rings. The summed E-state index contributed by atoms with van der Waals surface area (Å²) in [5, 5.41) is 10.1. The van der Waals surface area contributed by atoms with Crippen LogP contribution in [0.5, 0.6) is 5.75 Å². The number of rotatable bonds is 2. The molecule has 1 atom stereocenters. The van der Waals surface area contributed by atoms with Crippen LogP contribution >= 0.6 is 0 Å². The van der Waals surface area contributed by atoms with Gasteiger partial charge in [-0.25, -0.2) is 9.69 Å². The van der Waals surface area contributed by atoms with Gasteiger partial charge >= 0.3 is 18.7 Å².